The number of rotatable bonds is 4. The second-order valence-electron chi connectivity index (χ2n) is 3.62. The van der Waals surface area contributed by atoms with E-state index in [4.69, 9.17) is 9.47 Å². The average molecular weight is 245 g/mol. The number of aromatic nitrogens is 2. The first-order chi connectivity index (χ1) is 8.78. The molecule has 0 aliphatic carbocycles. The third-order valence-corrected chi connectivity index (χ3v) is 2.59. The summed E-state index contributed by atoms with van der Waals surface area (Å²) in [7, 11) is 5.01. The fraction of sp³-hybridized carbons (Fsp3) is 0.231. The molecule has 1 aromatic carbocycles. The van der Waals surface area contributed by atoms with Gasteiger partial charge in [-0.1, -0.05) is 6.07 Å². The van der Waals surface area contributed by atoms with Crippen LogP contribution in [0.2, 0.25) is 0 Å². The molecule has 2 rings (SSSR count). The van der Waals surface area contributed by atoms with Crippen LogP contribution >= 0.6 is 0 Å². The number of ether oxygens (including phenoxy) is 2. The second-order valence-corrected chi connectivity index (χ2v) is 3.62. The van der Waals surface area contributed by atoms with Gasteiger partial charge in [0.15, 0.2) is 11.5 Å². The molecule has 1 heterocycles. The Morgan fingerprint density at radius 3 is 2.17 bits per heavy atom. The SMILES string of the molecule is CNc1ncc(-c2ccc(OC)c(OC)c2)cn1. The fourth-order valence-corrected chi connectivity index (χ4v) is 1.62. The van der Waals surface area contributed by atoms with Crippen molar-refractivity contribution in [3.05, 3.63) is 30.6 Å². The molecule has 2 aromatic rings. The molecule has 18 heavy (non-hydrogen) atoms. The third kappa shape index (κ3) is 2.34. The first kappa shape index (κ1) is 12.2. The van der Waals surface area contributed by atoms with Crippen molar-refractivity contribution >= 4 is 5.95 Å². The molecule has 0 amide bonds. The minimum atomic E-state index is 0.597. The van der Waals surface area contributed by atoms with Gasteiger partial charge in [0.2, 0.25) is 5.95 Å². The summed E-state index contributed by atoms with van der Waals surface area (Å²) in [5, 5.41) is 2.88. The number of nitrogens with zero attached hydrogens (tertiary/aromatic N) is 2. The highest BCUT2D eigenvalue weighted by Crippen LogP contribution is 2.31. The molecule has 1 N–H and O–H groups in total. The Morgan fingerprint density at radius 2 is 1.61 bits per heavy atom. The van der Waals surface area contributed by atoms with Gasteiger partial charge < -0.3 is 14.8 Å². The fourth-order valence-electron chi connectivity index (χ4n) is 1.62. The standard InChI is InChI=1S/C13H15N3O2/c1-14-13-15-7-10(8-16-13)9-4-5-11(17-2)12(6-9)18-3/h4-8H,1-3H3,(H,14,15,16). The number of anilines is 1. The van der Waals surface area contributed by atoms with Crippen LogP contribution in [0.3, 0.4) is 0 Å². The number of nitrogens with one attached hydrogen (secondary N) is 1. The van der Waals surface area contributed by atoms with E-state index in [9.17, 15) is 0 Å². The number of hydrogen-bond acceptors (Lipinski definition) is 5. The Balaban J connectivity index is 2.37. The van der Waals surface area contributed by atoms with E-state index in [1.165, 1.54) is 0 Å². The van der Waals surface area contributed by atoms with Crippen LogP contribution in [0.25, 0.3) is 11.1 Å². The summed E-state index contributed by atoms with van der Waals surface area (Å²) in [6, 6.07) is 5.70. The lowest BCUT2D eigenvalue weighted by molar-refractivity contribution is 0.355. The first-order valence-electron chi connectivity index (χ1n) is 5.50. The number of benzene rings is 1. The molecule has 0 aliphatic rings. The zero-order chi connectivity index (χ0) is 13.0. The lowest BCUT2D eigenvalue weighted by Crippen LogP contribution is -1.95. The maximum absolute atomic E-state index is 5.27. The van der Waals surface area contributed by atoms with Gasteiger partial charge in [0.05, 0.1) is 14.2 Å². The minimum Gasteiger partial charge on any atom is -0.493 e. The topological polar surface area (TPSA) is 56.3 Å². The van der Waals surface area contributed by atoms with Gasteiger partial charge in [-0.2, -0.15) is 0 Å². The molecule has 0 aliphatic heterocycles. The molecule has 0 unspecified atom stereocenters. The Bertz CT molecular complexity index is 526. The van der Waals surface area contributed by atoms with Crippen LogP contribution in [-0.2, 0) is 0 Å². The van der Waals surface area contributed by atoms with Gasteiger partial charge in [-0.3, -0.25) is 0 Å². The van der Waals surface area contributed by atoms with Gasteiger partial charge >= 0.3 is 0 Å². The van der Waals surface area contributed by atoms with Gasteiger partial charge in [0.1, 0.15) is 0 Å². The van der Waals surface area contributed by atoms with Gasteiger partial charge in [-0.15, -0.1) is 0 Å². The van der Waals surface area contributed by atoms with Crippen molar-refractivity contribution in [3.63, 3.8) is 0 Å². The van der Waals surface area contributed by atoms with Crippen LogP contribution in [0.4, 0.5) is 5.95 Å². The maximum atomic E-state index is 5.27. The normalized spacial score (nSPS) is 9.94. The van der Waals surface area contributed by atoms with E-state index in [0.29, 0.717) is 17.4 Å². The van der Waals surface area contributed by atoms with Crippen molar-refractivity contribution in [1.82, 2.24) is 9.97 Å². The van der Waals surface area contributed by atoms with Crippen LogP contribution in [0.15, 0.2) is 30.6 Å². The molecule has 0 radical (unpaired) electrons. The van der Waals surface area contributed by atoms with Gasteiger partial charge in [-0.05, 0) is 17.7 Å². The Kier molecular flexibility index (Phi) is 3.62. The predicted molar refractivity (Wildman–Crippen MR) is 70.1 cm³/mol. The molecule has 0 fully saturated rings. The molecule has 0 bridgehead atoms. The lowest BCUT2D eigenvalue weighted by atomic mass is 10.1. The summed E-state index contributed by atoms with van der Waals surface area (Å²) < 4.78 is 10.5. The highest BCUT2D eigenvalue weighted by Gasteiger charge is 2.06. The van der Waals surface area contributed by atoms with E-state index in [0.717, 1.165) is 11.1 Å². The van der Waals surface area contributed by atoms with Crippen LogP contribution in [0, 0.1) is 0 Å². The zero-order valence-corrected chi connectivity index (χ0v) is 10.6. The molecule has 0 spiro atoms. The van der Waals surface area contributed by atoms with Crippen molar-refractivity contribution in [2.75, 3.05) is 26.6 Å². The number of hydrogen-bond donors (Lipinski definition) is 1. The van der Waals surface area contributed by atoms with Gasteiger partial charge in [0, 0.05) is 25.0 Å². The molecule has 0 saturated carbocycles. The predicted octanol–water partition coefficient (Wildman–Crippen LogP) is 2.20. The van der Waals surface area contributed by atoms with Crippen molar-refractivity contribution < 1.29 is 9.47 Å². The van der Waals surface area contributed by atoms with Crippen molar-refractivity contribution in [3.8, 4) is 22.6 Å². The molecular weight excluding hydrogens is 230 g/mol. The molecular formula is C13H15N3O2. The van der Waals surface area contributed by atoms with Crippen LogP contribution in [0.5, 0.6) is 11.5 Å². The summed E-state index contributed by atoms with van der Waals surface area (Å²) in [5.41, 5.74) is 1.91. The second kappa shape index (κ2) is 5.35. The van der Waals surface area contributed by atoms with E-state index in [1.54, 1.807) is 33.7 Å². The molecule has 0 saturated heterocycles. The van der Waals surface area contributed by atoms with Gasteiger partial charge in [-0.25, -0.2) is 9.97 Å². The van der Waals surface area contributed by atoms with Crippen LogP contribution < -0.4 is 14.8 Å². The summed E-state index contributed by atoms with van der Waals surface area (Å²) in [5.74, 6) is 1.99. The van der Waals surface area contributed by atoms with E-state index in [1.807, 2.05) is 18.2 Å². The Labute approximate surface area is 106 Å². The van der Waals surface area contributed by atoms with Crippen LogP contribution in [0.1, 0.15) is 0 Å². The van der Waals surface area contributed by atoms with E-state index < -0.39 is 0 Å². The van der Waals surface area contributed by atoms with Crippen molar-refractivity contribution in [1.29, 1.82) is 0 Å². The monoisotopic (exact) mass is 245 g/mol. The summed E-state index contributed by atoms with van der Waals surface area (Å²) in [6.07, 6.45) is 3.53. The quantitative estimate of drug-likeness (QED) is 0.895. The molecule has 94 valence electrons. The molecule has 0 atom stereocenters. The first-order valence-corrected chi connectivity index (χ1v) is 5.50. The zero-order valence-electron chi connectivity index (χ0n) is 10.6. The minimum absolute atomic E-state index is 0.597. The van der Waals surface area contributed by atoms with Crippen LogP contribution in [-0.4, -0.2) is 31.2 Å². The summed E-state index contributed by atoms with van der Waals surface area (Å²) >= 11 is 0. The highest BCUT2D eigenvalue weighted by atomic mass is 16.5. The maximum Gasteiger partial charge on any atom is 0.222 e. The summed E-state index contributed by atoms with van der Waals surface area (Å²) in [4.78, 5) is 8.35. The summed E-state index contributed by atoms with van der Waals surface area (Å²) in [6.45, 7) is 0. The molecule has 1 aromatic heterocycles. The third-order valence-electron chi connectivity index (χ3n) is 2.59. The van der Waals surface area contributed by atoms with Crippen molar-refractivity contribution in [2.45, 2.75) is 0 Å². The average Bonchev–Trinajstić information content (AvgIpc) is 2.46. The largest absolute Gasteiger partial charge is 0.493 e. The molecule has 5 nitrogen and oxygen atoms in total. The lowest BCUT2D eigenvalue weighted by Gasteiger charge is -2.09. The Hall–Kier alpha value is -2.30. The highest BCUT2D eigenvalue weighted by molar-refractivity contribution is 5.66. The van der Waals surface area contributed by atoms with E-state index >= 15 is 0 Å². The van der Waals surface area contributed by atoms with Crippen molar-refractivity contribution in [2.24, 2.45) is 0 Å². The van der Waals surface area contributed by atoms with Gasteiger partial charge in [0.25, 0.3) is 0 Å². The van der Waals surface area contributed by atoms with E-state index in [2.05, 4.69) is 15.3 Å². The molecule has 5 heteroatoms. The smallest absolute Gasteiger partial charge is 0.222 e. The van der Waals surface area contributed by atoms with E-state index in [-0.39, 0.29) is 0 Å². The number of methoxy groups -OCH3 is 2. The Morgan fingerprint density at radius 1 is 0.944 bits per heavy atom.